The fourth-order valence-electron chi connectivity index (χ4n) is 2.13. The third-order valence-corrected chi connectivity index (χ3v) is 3.42. The summed E-state index contributed by atoms with van der Waals surface area (Å²) in [5.41, 5.74) is 4.93. The Morgan fingerprint density at radius 1 is 1.08 bits per heavy atom. The Morgan fingerprint density at radius 3 is 2.48 bits per heavy atom. The van der Waals surface area contributed by atoms with Crippen LogP contribution in [0.4, 0.5) is 0 Å². The van der Waals surface area contributed by atoms with Crippen LogP contribution in [0.2, 0.25) is 0 Å². The number of benzene rings is 2. The van der Waals surface area contributed by atoms with Gasteiger partial charge in [0.15, 0.2) is 0 Å². The van der Waals surface area contributed by atoms with Gasteiger partial charge in [0, 0.05) is 5.56 Å². The molecule has 1 heterocycles. The van der Waals surface area contributed by atoms with Crippen LogP contribution >= 0.6 is 0 Å². The van der Waals surface area contributed by atoms with E-state index in [1.807, 2.05) is 30.3 Å². The van der Waals surface area contributed by atoms with Gasteiger partial charge in [-0.3, -0.25) is 9.89 Å². The van der Waals surface area contributed by atoms with E-state index in [0.29, 0.717) is 11.3 Å². The summed E-state index contributed by atoms with van der Waals surface area (Å²) < 4.78 is 0. The number of aromatic amines is 1. The molecule has 2 aromatic carbocycles. The zero-order valence-electron chi connectivity index (χ0n) is 13.0. The monoisotopic (exact) mass is 333 g/mol. The van der Waals surface area contributed by atoms with Crippen LogP contribution in [0.3, 0.4) is 0 Å². The van der Waals surface area contributed by atoms with Crippen LogP contribution in [0.25, 0.3) is 11.3 Å². The van der Waals surface area contributed by atoms with Crippen molar-refractivity contribution in [3.05, 3.63) is 77.5 Å². The number of hydrogen-bond acceptors (Lipinski definition) is 5. The highest BCUT2D eigenvalue weighted by molar-refractivity contribution is 5.94. The minimum absolute atomic E-state index is 0.0760. The number of carboxylic acids is 1. The Morgan fingerprint density at radius 2 is 1.80 bits per heavy atom. The number of carbonyl (C=O) groups is 2. The predicted octanol–water partition coefficient (Wildman–Crippen LogP) is 1.20. The van der Waals surface area contributed by atoms with Gasteiger partial charge in [0.1, 0.15) is 5.69 Å². The van der Waals surface area contributed by atoms with E-state index in [9.17, 15) is 14.7 Å². The molecule has 124 valence electrons. The smallest absolute Gasteiger partial charge is 0.289 e. The second-order valence-electron chi connectivity index (χ2n) is 5.14. The molecule has 0 aliphatic heterocycles. The normalized spacial score (nSPS) is 10.7. The highest BCUT2D eigenvalue weighted by atomic mass is 16.4. The molecule has 0 saturated carbocycles. The maximum Gasteiger partial charge on any atom is 0.289 e. The number of H-pyrrole nitrogens is 1. The largest absolute Gasteiger partial charge is 0.545 e. The number of carboxylic acid groups (broad SMARTS) is 1. The highest BCUT2D eigenvalue weighted by Crippen LogP contribution is 2.16. The topological polar surface area (TPSA) is 110 Å². The van der Waals surface area contributed by atoms with Gasteiger partial charge in [-0.2, -0.15) is 10.2 Å². The number of nitrogens with zero attached hydrogens (tertiary/aromatic N) is 2. The molecule has 0 spiro atoms. The summed E-state index contributed by atoms with van der Waals surface area (Å²) in [6.07, 6.45) is 1.41. The van der Waals surface area contributed by atoms with Crippen molar-refractivity contribution < 1.29 is 14.7 Å². The van der Waals surface area contributed by atoms with Crippen molar-refractivity contribution in [2.24, 2.45) is 5.10 Å². The summed E-state index contributed by atoms with van der Waals surface area (Å²) in [6, 6.07) is 17.0. The van der Waals surface area contributed by atoms with Crippen LogP contribution in [-0.4, -0.2) is 28.3 Å². The van der Waals surface area contributed by atoms with E-state index in [0.717, 1.165) is 5.56 Å². The van der Waals surface area contributed by atoms with Crippen molar-refractivity contribution in [1.82, 2.24) is 15.6 Å². The van der Waals surface area contributed by atoms with Gasteiger partial charge >= 0.3 is 0 Å². The van der Waals surface area contributed by atoms with Gasteiger partial charge in [0.25, 0.3) is 5.91 Å². The van der Waals surface area contributed by atoms with E-state index in [-0.39, 0.29) is 11.3 Å². The lowest BCUT2D eigenvalue weighted by molar-refractivity contribution is -0.255. The predicted molar refractivity (Wildman–Crippen MR) is 89.9 cm³/mol. The van der Waals surface area contributed by atoms with Crippen LogP contribution in [0.5, 0.6) is 0 Å². The zero-order chi connectivity index (χ0) is 17.6. The maximum absolute atomic E-state index is 12.0. The number of hydrogen-bond donors (Lipinski definition) is 2. The average Bonchev–Trinajstić information content (AvgIpc) is 3.13. The summed E-state index contributed by atoms with van der Waals surface area (Å²) in [5, 5.41) is 21.3. The van der Waals surface area contributed by atoms with Crippen LogP contribution in [0.1, 0.15) is 26.4 Å². The van der Waals surface area contributed by atoms with Crippen molar-refractivity contribution in [2.75, 3.05) is 0 Å². The maximum atomic E-state index is 12.0. The minimum Gasteiger partial charge on any atom is -0.545 e. The van der Waals surface area contributed by atoms with Crippen molar-refractivity contribution >= 4 is 18.1 Å². The molecule has 25 heavy (non-hydrogen) atoms. The van der Waals surface area contributed by atoms with E-state index < -0.39 is 11.9 Å². The quantitative estimate of drug-likeness (QED) is 0.540. The molecule has 0 aliphatic carbocycles. The molecule has 7 nitrogen and oxygen atoms in total. The van der Waals surface area contributed by atoms with Crippen molar-refractivity contribution in [3.63, 3.8) is 0 Å². The van der Waals surface area contributed by atoms with Crippen LogP contribution in [0, 0.1) is 0 Å². The number of carbonyl (C=O) groups excluding carboxylic acids is 2. The first kappa shape index (κ1) is 16.1. The number of hydrazone groups is 1. The second kappa shape index (κ2) is 7.22. The van der Waals surface area contributed by atoms with E-state index in [4.69, 9.17) is 0 Å². The van der Waals surface area contributed by atoms with Crippen molar-refractivity contribution in [1.29, 1.82) is 0 Å². The first-order chi connectivity index (χ1) is 12.1. The van der Waals surface area contributed by atoms with E-state index in [1.54, 1.807) is 18.2 Å². The second-order valence-corrected chi connectivity index (χ2v) is 5.14. The molecule has 0 atom stereocenters. The Labute approximate surface area is 143 Å². The summed E-state index contributed by atoms with van der Waals surface area (Å²) in [7, 11) is 0. The van der Waals surface area contributed by atoms with Gasteiger partial charge in [-0.15, -0.1) is 0 Å². The molecule has 1 aromatic heterocycles. The van der Waals surface area contributed by atoms with Crippen molar-refractivity contribution in [2.45, 2.75) is 0 Å². The molecule has 0 fully saturated rings. The van der Waals surface area contributed by atoms with Crippen molar-refractivity contribution in [3.8, 4) is 11.3 Å². The third-order valence-electron chi connectivity index (χ3n) is 3.42. The molecule has 3 aromatic rings. The third kappa shape index (κ3) is 3.97. The zero-order valence-corrected chi connectivity index (χ0v) is 13.0. The molecular formula is C18H13N4O3-. The van der Waals surface area contributed by atoms with Crippen LogP contribution in [0.15, 0.2) is 65.8 Å². The molecule has 1 amide bonds. The summed E-state index contributed by atoms with van der Waals surface area (Å²) in [4.78, 5) is 22.7. The lowest BCUT2D eigenvalue weighted by atomic mass is 10.1. The van der Waals surface area contributed by atoms with Gasteiger partial charge in [-0.1, -0.05) is 54.6 Å². The number of aromatic carboxylic acids is 1. The molecule has 3 rings (SSSR count). The summed E-state index contributed by atoms with van der Waals surface area (Å²) >= 11 is 0. The minimum atomic E-state index is -1.25. The Balaban J connectivity index is 1.63. The molecule has 0 aliphatic rings. The molecule has 0 saturated heterocycles. The van der Waals surface area contributed by atoms with Crippen LogP contribution < -0.4 is 10.5 Å². The Hall–Kier alpha value is -3.74. The Bertz CT molecular complexity index is 915. The molecule has 0 bridgehead atoms. The fraction of sp³-hybridized carbons (Fsp3) is 0. The standard InChI is InChI=1S/C18H14N4O3/c23-17(16-10-15(20-21-16)13-4-2-1-3-5-13)22-19-11-12-6-8-14(9-7-12)18(24)25/h1-11H,(H,20,21)(H,22,23)(H,24,25)/p-1/b19-11-. The molecular weight excluding hydrogens is 320 g/mol. The highest BCUT2D eigenvalue weighted by Gasteiger charge is 2.09. The summed E-state index contributed by atoms with van der Waals surface area (Å²) in [5.74, 6) is -1.68. The average molecular weight is 333 g/mol. The van der Waals surface area contributed by atoms with Gasteiger partial charge in [0.2, 0.25) is 0 Å². The number of aromatic nitrogens is 2. The molecule has 2 N–H and O–H groups in total. The van der Waals surface area contributed by atoms with E-state index in [1.165, 1.54) is 18.3 Å². The van der Waals surface area contributed by atoms with E-state index in [2.05, 4.69) is 20.7 Å². The molecule has 0 unspecified atom stereocenters. The molecule has 0 radical (unpaired) electrons. The van der Waals surface area contributed by atoms with Crippen LogP contribution in [-0.2, 0) is 0 Å². The van der Waals surface area contributed by atoms with Gasteiger partial charge < -0.3 is 9.90 Å². The number of nitrogens with one attached hydrogen (secondary N) is 2. The van der Waals surface area contributed by atoms with Gasteiger partial charge in [0.05, 0.1) is 17.9 Å². The number of amides is 1. The van der Waals surface area contributed by atoms with E-state index >= 15 is 0 Å². The first-order valence-electron chi connectivity index (χ1n) is 7.39. The SMILES string of the molecule is O=C([O-])c1ccc(/C=N\NC(=O)c2cc(-c3ccccc3)n[nH]2)cc1. The molecule has 7 heteroatoms. The lowest BCUT2D eigenvalue weighted by Gasteiger charge is -2.01. The number of rotatable bonds is 5. The Kier molecular flexibility index (Phi) is 4.66. The van der Waals surface area contributed by atoms with Gasteiger partial charge in [-0.25, -0.2) is 5.43 Å². The first-order valence-corrected chi connectivity index (χ1v) is 7.39. The fourth-order valence-corrected chi connectivity index (χ4v) is 2.13. The summed E-state index contributed by atoms with van der Waals surface area (Å²) in [6.45, 7) is 0. The lowest BCUT2D eigenvalue weighted by Crippen LogP contribution is -2.22. The van der Waals surface area contributed by atoms with Gasteiger partial charge in [-0.05, 0) is 17.2 Å².